The van der Waals surface area contributed by atoms with Gasteiger partial charge in [0.2, 0.25) is 11.8 Å². The Bertz CT molecular complexity index is 539. The third-order valence-electron chi connectivity index (χ3n) is 3.91. The molecule has 1 unspecified atom stereocenters. The van der Waals surface area contributed by atoms with Crippen LogP contribution in [0.15, 0.2) is 24.3 Å². The van der Waals surface area contributed by atoms with Crippen molar-refractivity contribution in [1.29, 1.82) is 0 Å². The van der Waals surface area contributed by atoms with E-state index in [1.807, 2.05) is 38.1 Å². The molecule has 0 radical (unpaired) electrons. The topological polar surface area (TPSA) is 67.4 Å². The summed E-state index contributed by atoms with van der Waals surface area (Å²) in [6, 6.07) is 7.85. The Labute approximate surface area is 131 Å². The van der Waals surface area contributed by atoms with Crippen molar-refractivity contribution in [3.8, 4) is 5.75 Å². The lowest BCUT2D eigenvalue weighted by Crippen LogP contribution is -2.44. The molecule has 5 heteroatoms. The predicted molar refractivity (Wildman–Crippen MR) is 84.7 cm³/mol. The van der Waals surface area contributed by atoms with Crippen LogP contribution >= 0.6 is 0 Å². The Morgan fingerprint density at radius 1 is 1.36 bits per heavy atom. The number of hydrogen-bond acceptors (Lipinski definition) is 3. The van der Waals surface area contributed by atoms with E-state index in [4.69, 9.17) is 4.74 Å². The van der Waals surface area contributed by atoms with Gasteiger partial charge < -0.3 is 15.4 Å². The molecule has 1 saturated heterocycles. The van der Waals surface area contributed by atoms with Crippen molar-refractivity contribution in [2.45, 2.75) is 39.7 Å². The number of carbonyl (C=O) groups excluding carboxylic acids is 2. The maximum atomic E-state index is 12.2. The van der Waals surface area contributed by atoms with Gasteiger partial charge in [0.1, 0.15) is 11.2 Å². The molecule has 0 aliphatic carbocycles. The fraction of sp³-hybridized carbons (Fsp3) is 0.529. The van der Waals surface area contributed by atoms with Gasteiger partial charge in [-0.15, -0.1) is 0 Å². The average molecular weight is 304 g/mol. The number of benzene rings is 1. The normalized spacial score (nSPS) is 20.8. The van der Waals surface area contributed by atoms with Crippen molar-refractivity contribution in [3.63, 3.8) is 0 Å². The number of rotatable bonds is 6. The maximum absolute atomic E-state index is 12.2. The number of hydrogen-bond donors (Lipinski definition) is 2. The molecule has 2 N–H and O–H groups in total. The third kappa shape index (κ3) is 3.78. The van der Waals surface area contributed by atoms with E-state index in [-0.39, 0.29) is 17.9 Å². The van der Waals surface area contributed by atoms with Crippen LogP contribution in [-0.4, -0.2) is 31.0 Å². The molecule has 120 valence electrons. The van der Waals surface area contributed by atoms with E-state index in [1.54, 1.807) is 6.92 Å². The van der Waals surface area contributed by atoms with Crippen LogP contribution in [0.2, 0.25) is 0 Å². The van der Waals surface area contributed by atoms with E-state index in [0.717, 1.165) is 17.7 Å². The van der Waals surface area contributed by atoms with Crippen LogP contribution in [0.3, 0.4) is 0 Å². The molecule has 2 rings (SSSR count). The zero-order valence-corrected chi connectivity index (χ0v) is 13.4. The lowest BCUT2D eigenvalue weighted by molar-refractivity contribution is -0.139. The molecule has 1 heterocycles. The molecule has 0 saturated carbocycles. The van der Waals surface area contributed by atoms with Gasteiger partial charge in [-0.1, -0.05) is 12.1 Å². The summed E-state index contributed by atoms with van der Waals surface area (Å²) in [5.41, 5.74) is 0.201. The van der Waals surface area contributed by atoms with Gasteiger partial charge in [0.15, 0.2) is 0 Å². The van der Waals surface area contributed by atoms with Crippen LogP contribution in [0.25, 0.3) is 0 Å². The summed E-state index contributed by atoms with van der Waals surface area (Å²) in [6.07, 6.45) is 1.44. The Morgan fingerprint density at radius 3 is 2.59 bits per heavy atom. The van der Waals surface area contributed by atoms with Gasteiger partial charge in [0.25, 0.3) is 0 Å². The summed E-state index contributed by atoms with van der Waals surface area (Å²) in [6.45, 7) is 6.77. The van der Waals surface area contributed by atoms with Crippen LogP contribution < -0.4 is 15.4 Å². The van der Waals surface area contributed by atoms with Crippen LogP contribution in [0.5, 0.6) is 5.75 Å². The van der Waals surface area contributed by atoms with Crippen molar-refractivity contribution in [3.05, 3.63) is 29.8 Å². The fourth-order valence-corrected chi connectivity index (χ4v) is 2.47. The molecule has 1 aliphatic heterocycles. The number of carbonyl (C=O) groups is 2. The van der Waals surface area contributed by atoms with E-state index in [9.17, 15) is 9.59 Å². The van der Waals surface area contributed by atoms with Gasteiger partial charge in [0.05, 0.1) is 6.10 Å². The zero-order chi connectivity index (χ0) is 16.2. The molecular formula is C17H24N2O3. The lowest BCUT2D eigenvalue weighted by atomic mass is 9.88. The van der Waals surface area contributed by atoms with Gasteiger partial charge in [-0.05, 0) is 51.3 Å². The molecule has 1 aromatic rings. The first-order valence-electron chi connectivity index (χ1n) is 7.74. The van der Waals surface area contributed by atoms with Crippen molar-refractivity contribution >= 4 is 11.8 Å². The number of amides is 2. The second-order valence-electron chi connectivity index (χ2n) is 6.15. The maximum Gasteiger partial charge on any atom is 0.235 e. The minimum atomic E-state index is -0.922. The Morgan fingerprint density at radius 2 is 2.05 bits per heavy atom. The quantitative estimate of drug-likeness (QED) is 0.785. The summed E-state index contributed by atoms with van der Waals surface area (Å²) in [5, 5.41) is 5.57. The standard InChI is InChI=1S/C17H24N2O3/c1-12(2)22-14-6-4-13(5-7-14)8-10-18-15(20)17(3)9-11-19-16(17)21/h4-7,12H,8-11H2,1-3H3,(H,18,20)(H,19,21). The van der Waals surface area contributed by atoms with Crippen LogP contribution in [0.1, 0.15) is 32.8 Å². The van der Waals surface area contributed by atoms with E-state index in [2.05, 4.69) is 10.6 Å². The van der Waals surface area contributed by atoms with E-state index >= 15 is 0 Å². The summed E-state index contributed by atoms with van der Waals surface area (Å²) < 4.78 is 5.59. The van der Waals surface area contributed by atoms with Gasteiger partial charge in [0, 0.05) is 13.1 Å². The largest absolute Gasteiger partial charge is 0.491 e. The highest BCUT2D eigenvalue weighted by atomic mass is 16.5. The SMILES string of the molecule is CC(C)Oc1ccc(CCNC(=O)C2(C)CCNC2=O)cc1. The minimum Gasteiger partial charge on any atom is -0.491 e. The summed E-state index contributed by atoms with van der Waals surface area (Å²) in [5.74, 6) is 0.473. The molecule has 1 aliphatic rings. The van der Waals surface area contributed by atoms with Gasteiger partial charge >= 0.3 is 0 Å². The molecule has 5 nitrogen and oxygen atoms in total. The molecule has 0 spiro atoms. The highest BCUT2D eigenvalue weighted by Gasteiger charge is 2.44. The first-order chi connectivity index (χ1) is 10.4. The van der Waals surface area contributed by atoms with Gasteiger partial charge in [-0.25, -0.2) is 0 Å². The Kier molecular flexibility index (Phi) is 5.06. The summed E-state index contributed by atoms with van der Waals surface area (Å²) >= 11 is 0. The second-order valence-corrected chi connectivity index (χ2v) is 6.15. The molecule has 0 bridgehead atoms. The monoisotopic (exact) mass is 304 g/mol. The van der Waals surface area contributed by atoms with Crippen molar-refractivity contribution in [2.75, 3.05) is 13.1 Å². The van der Waals surface area contributed by atoms with Gasteiger partial charge in [-0.3, -0.25) is 9.59 Å². The van der Waals surface area contributed by atoms with E-state index < -0.39 is 5.41 Å². The van der Waals surface area contributed by atoms with Crippen LogP contribution in [0, 0.1) is 5.41 Å². The first kappa shape index (κ1) is 16.3. The molecule has 22 heavy (non-hydrogen) atoms. The zero-order valence-electron chi connectivity index (χ0n) is 13.4. The molecule has 2 amide bonds. The first-order valence-corrected chi connectivity index (χ1v) is 7.74. The predicted octanol–water partition coefficient (Wildman–Crippen LogP) is 1.66. The van der Waals surface area contributed by atoms with Crippen LogP contribution in [-0.2, 0) is 16.0 Å². The molecule has 1 atom stereocenters. The Balaban J connectivity index is 1.81. The molecule has 1 fully saturated rings. The van der Waals surface area contributed by atoms with Crippen molar-refractivity contribution < 1.29 is 14.3 Å². The highest BCUT2D eigenvalue weighted by molar-refractivity contribution is 6.05. The smallest absolute Gasteiger partial charge is 0.235 e. The number of ether oxygens (including phenoxy) is 1. The fourth-order valence-electron chi connectivity index (χ4n) is 2.47. The summed E-state index contributed by atoms with van der Waals surface area (Å²) in [4.78, 5) is 23.9. The highest BCUT2D eigenvalue weighted by Crippen LogP contribution is 2.25. The lowest BCUT2D eigenvalue weighted by Gasteiger charge is -2.19. The van der Waals surface area contributed by atoms with Crippen molar-refractivity contribution in [2.24, 2.45) is 5.41 Å². The summed E-state index contributed by atoms with van der Waals surface area (Å²) in [7, 11) is 0. The second kappa shape index (κ2) is 6.81. The minimum absolute atomic E-state index is 0.156. The van der Waals surface area contributed by atoms with Crippen LogP contribution in [0.4, 0.5) is 0 Å². The average Bonchev–Trinajstić information content (AvgIpc) is 2.81. The number of nitrogens with one attached hydrogen (secondary N) is 2. The van der Waals surface area contributed by atoms with Crippen molar-refractivity contribution in [1.82, 2.24) is 10.6 Å². The van der Waals surface area contributed by atoms with E-state index in [0.29, 0.717) is 19.5 Å². The van der Waals surface area contributed by atoms with E-state index in [1.165, 1.54) is 0 Å². The molecular weight excluding hydrogens is 280 g/mol. The molecule has 1 aromatic carbocycles. The third-order valence-corrected chi connectivity index (χ3v) is 3.91. The molecule has 0 aromatic heterocycles. The Hall–Kier alpha value is -2.04. The van der Waals surface area contributed by atoms with Gasteiger partial charge in [-0.2, -0.15) is 0 Å².